The first-order chi connectivity index (χ1) is 6.92. The lowest BCUT2D eigenvalue weighted by Crippen LogP contribution is -1.99. The fraction of sp³-hybridized carbons (Fsp3) is 0.222. The maximum absolute atomic E-state index is 11.3. The Kier molecular flexibility index (Phi) is 2.04. The van der Waals surface area contributed by atoms with E-state index in [9.17, 15) is 4.79 Å². The molecule has 0 aliphatic carbocycles. The van der Waals surface area contributed by atoms with Crippen LogP contribution in [-0.4, -0.2) is 18.2 Å². The van der Waals surface area contributed by atoms with E-state index < -0.39 is 7.04 Å². The van der Waals surface area contributed by atoms with Crippen LogP contribution in [-0.2, 0) is 0 Å². The number of methoxy groups -OCH3 is 1. The molecule has 0 aliphatic rings. The number of Topliss-reactive ketones (excluding diaryl/α,β-unsaturated/α-hetero) is 1. The van der Waals surface area contributed by atoms with E-state index in [1.807, 2.05) is 0 Å². The van der Waals surface area contributed by atoms with Crippen LogP contribution in [0.5, 0.6) is 5.75 Å². The Bertz CT molecular complexity index is 363. The number of ketones is 1. The summed E-state index contributed by atoms with van der Waals surface area (Å²) in [6, 6.07) is 6.10. The zero-order valence-electron chi connectivity index (χ0n) is 9.21. The van der Waals surface area contributed by atoms with Crippen molar-refractivity contribution in [2.75, 3.05) is 12.4 Å². The summed E-state index contributed by atoms with van der Waals surface area (Å²) in [5, 5.41) is 0.199. The third-order valence-electron chi connectivity index (χ3n) is 1.40. The van der Waals surface area contributed by atoms with Gasteiger partial charge in [0.25, 0.3) is 0 Å². The van der Waals surface area contributed by atoms with E-state index in [0.29, 0.717) is 5.56 Å². The molecule has 0 saturated heterocycles. The Balaban J connectivity index is 2.88. The molecule has 0 atom stereocenters. The van der Waals surface area contributed by atoms with Crippen LogP contribution in [0.25, 0.3) is 0 Å². The van der Waals surface area contributed by atoms with Gasteiger partial charge in [-0.2, -0.15) is 0 Å². The van der Waals surface area contributed by atoms with Crippen LogP contribution in [0.15, 0.2) is 24.3 Å². The number of benzene rings is 1. The standard InChI is InChI=1S/C9H9BrO2/c1-12-8-4-2-3-7(5-8)9(11)6-10/h2-5H,6H2,1H3/i1+1D3. The van der Waals surface area contributed by atoms with Crippen molar-refractivity contribution < 1.29 is 13.6 Å². The highest BCUT2D eigenvalue weighted by atomic mass is 79.9. The zero-order valence-corrected chi connectivity index (χ0v) is 7.80. The van der Waals surface area contributed by atoms with E-state index >= 15 is 0 Å². The molecule has 12 heavy (non-hydrogen) atoms. The molecule has 1 aromatic carbocycles. The summed E-state index contributed by atoms with van der Waals surface area (Å²) in [5.74, 6) is 0.0489. The minimum atomic E-state index is -2.49. The summed E-state index contributed by atoms with van der Waals surface area (Å²) in [6.07, 6.45) is 0. The molecule has 0 aromatic heterocycles. The monoisotopic (exact) mass is 232 g/mol. The SMILES string of the molecule is [2H][13C]([2H])([2H])Oc1cccc(C(=O)CBr)c1. The molecule has 0 saturated carbocycles. The van der Waals surface area contributed by atoms with Gasteiger partial charge in [0.1, 0.15) is 5.75 Å². The average molecular weight is 233 g/mol. The molecule has 0 amide bonds. The van der Waals surface area contributed by atoms with Crippen LogP contribution in [0.3, 0.4) is 0 Å². The molecular weight excluding hydrogens is 221 g/mol. The Hall–Kier alpha value is -0.830. The zero-order chi connectivity index (χ0) is 11.5. The Morgan fingerprint density at radius 3 is 3.25 bits per heavy atom. The van der Waals surface area contributed by atoms with Gasteiger partial charge in [0.05, 0.1) is 16.5 Å². The predicted molar refractivity (Wildman–Crippen MR) is 51.1 cm³/mol. The summed E-state index contributed by atoms with van der Waals surface area (Å²) >= 11 is 3.04. The first-order valence-corrected chi connectivity index (χ1v) is 4.43. The Morgan fingerprint density at radius 1 is 1.75 bits per heavy atom. The van der Waals surface area contributed by atoms with Gasteiger partial charge in [-0.15, -0.1) is 0 Å². The predicted octanol–water partition coefficient (Wildman–Crippen LogP) is 2.27. The number of hydrogen-bond acceptors (Lipinski definition) is 2. The van der Waals surface area contributed by atoms with Crippen LogP contribution >= 0.6 is 15.9 Å². The van der Waals surface area contributed by atoms with Gasteiger partial charge in [0, 0.05) is 5.56 Å². The van der Waals surface area contributed by atoms with Crippen molar-refractivity contribution in [2.45, 2.75) is 0 Å². The number of ether oxygens (including phenoxy) is 1. The molecule has 0 N–H and O–H groups in total. The molecule has 0 unspecified atom stereocenters. The molecule has 0 fully saturated rings. The van der Waals surface area contributed by atoms with E-state index in [4.69, 9.17) is 4.11 Å². The molecule has 1 rings (SSSR count). The largest absolute Gasteiger partial charge is 0.497 e. The lowest BCUT2D eigenvalue weighted by Gasteiger charge is -2.00. The van der Waals surface area contributed by atoms with Gasteiger partial charge in [-0.1, -0.05) is 28.1 Å². The molecule has 0 radical (unpaired) electrons. The fourth-order valence-corrected chi connectivity index (χ4v) is 1.13. The number of carbonyl (C=O) groups excluding carboxylic acids is 1. The van der Waals surface area contributed by atoms with Crippen molar-refractivity contribution >= 4 is 21.7 Å². The quantitative estimate of drug-likeness (QED) is 0.454. The van der Waals surface area contributed by atoms with Gasteiger partial charge in [0.2, 0.25) is 0 Å². The number of rotatable bonds is 3. The highest BCUT2D eigenvalue weighted by Crippen LogP contribution is 2.13. The first kappa shape index (κ1) is 5.75. The average Bonchev–Trinajstić information content (AvgIpc) is 2.14. The molecule has 0 spiro atoms. The highest BCUT2D eigenvalue weighted by Gasteiger charge is 2.03. The Labute approximate surface area is 83.9 Å². The van der Waals surface area contributed by atoms with Crippen molar-refractivity contribution in [1.82, 2.24) is 0 Å². The second-order valence-corrected chi connectivity index (χ2v) is 2.75. The van der Waals surface area contributed by atoms with Crippen LogP contribution < -0.4 is 4.74 Å². The highest BCUT2D eigenvalue weighted by molar-refractivity contribution is 9.09. The first-order valence-electron chi connectivity index (χ1n) is 4.80. The van der Waals surface area contributed by atoms with E-state index in [-0.39, 0.29) is 16.9 Å². The molecule has 1 aromatic rings. The molecule has 0 bridgehead atoms. The lowest BCUT2D eigenvalue weighted by atomic mass is 10.1. The summed E-state index contributed by atoms with van der Waals surface area (Å²) < 4.78 is 25.4. The maximum Gasteiger partial charge on any atom is 0.173 e. The van der Waals surface area contributed by atoms with Crippen LogP contribution in [0.4, 0.5) is 0 Å². The van der Waals surface area contributed by atoms with Crippen LogP contribution in [0.2, 0.25) is 0 Å². The van der Waals surface area contributed by atoms with Crippen molar-refractivity contribution in [3.05, 3.63) is 29.8 Å². The minimum absolute atomic E-state index is 0.119. The van der Waals surface area contributed by atoms with Gasteiger partial charge in [-0.25, -0.2) is 0 Å². The van der Waals surface area contributed by atoms with Gasteiger partial charge in [0.15, 0.2) is 5.78 Å². The summed E-state index contributed by atoms with van der Waals surface area (Å²) in [6.45, 7) is 0. The molecule has 3 heteroatoms. The summed E-state index contributed by atoms with van der Waals surface area (Å²) in [5.41, 5.74) is 0.425. The maximum atomic E-state index is 11.3. The summed E-state index contributed by atoms with van der Waals surface area (Å²) in [7, 11) is -2.49. The molecular formula is C9H9BrO2. The van der Waals surface area contributed by atoms with E-state index in [1.165, 1.54) is 12.1 Å². The second-order valence-electron chi connectivity index (χ2n) is 2.19. The van der Waals surface area contributed by atoms with E-state index in [2.05, 4.69) is 20.7 Å². The van der Waals surface area contributed by atoms with Crippen LogP contribution in [0, 0.1) is 0 Å². The Morgan fingerprint density at radius 2 is 2.58 bits per heavy atom. The topological polar surface area (TPSA) is 26.3 Å². The lowest BCUT2D eigenvalue weighted by molar-refractivity contribution is 0.102. The number of hydrogen-bond donors (Lipinski definition) is 0. The van der Waals surface area contributed by atoms with Gasteiger partial charge in [-0.3, -0.25) is 4.79 Å². The molecule has 2 nitrogen and oxygen atoms in total. The normalized spacial score (nSPS) is 14.2. The minimum Gasteiger partial charge on any atom is -0.497 e. The van der Waals surface area contributed by atoms with Crippen molar-refractivity contribution in [3.63, 3.8) is 0 Å². The van der Waals surface area contributed by atoms with Gasteiger partial charge in [-0.05, 0) is 12.1 Å². The van der Waals surface area contributed by atoms with Crippen molar-refractivity contribution in [3.8, 4) is 5.75 Å². The molecule has 0 heterocycles. The molecule has 64 valence electrons. The molecule has 0 aliphatic heterocycles. The van der Waals surface area contributed by atoms with E-state index in [1.54, 1.807) is 12.1 Å². The number of alkyl halides is 1. The van der Waals surface area contributed by atoms with E-state index in [0.717, 1.165) is 0 Å². The second kappa shape index (κ2) is 4.26. The smallest absolute Gasteiger partial charge is 0.173 e. The van der Waals surface area contributed by atoms with Crippen LogP contribution in [0.1, 0.15) is 14.5 Å². The van der Waals surface area contributed by atoms with Gasteiger partial charge >= 0.3 is 0 Å². The third kappa shape index (κ3) is 2.08. The van der Waals surface area contributed by atoms with Crippen molar-refractivity contribution in [2.24, 2.45) is 0 Å². The van der Waals surface area contributed by atoms with Crippen molar-refractivity contribution in [1.29, 1.82) is 0 Å². The number of carbonyl (C=O) groups is 1. The fourth-order valence-electron chi connectivity index (χ4n) is 0.810. The van der Waals surface area contributed by atoms with Gasteiger partial charge < -0.3 is 4.74 Å². The number of halogens is 1. The third-order valence-corrected chi connectivity index (χ3v) is 1.90. The summed E-state index contributed by atoms with van der Waals surface area (Å²) in [4.78, 5) is 11.3.